The van der Waals surface area contributed by atoms with Gasteiger partial charge in [0.15, 0.2) is 0 Å². The van der Waals surface area contributed by atoms with Crippen LogP contribution in [-0.4, -0.2) is 65.6 Å². The Labute approximate surface area is 141 Å². The van der Waals surface area contributed by atoms with E-state index in [4.69, 9.17) is 10.2 Å². The Kier molecular flexibility index (Phi) is 11.4. The van der Waals surface area contributed by atoms with Crippen LogP contribution in [0, 0.1) is 0 Å². The van der Waals surface area contributed by atoms with E-state index in [0.29, 0.717) is 6.29 Å². The lowest BCUT2D eigenvalue weighted by Crippen LogP contribution is -2.48. The maximum absolute atomic E-state index is 11.9. The first kappa shape index (κ1) is 22.0. The van der Waals surface area contributed by atoms with Gasteiger partial charge in [-0.15, -0.1) is 0 Å². The quantitative estimate of drug-likeness (QED) is 0.265. The first-order valence-corrected chi connectivity index (χ1v) is 7.89. The second-order valence-corrected chi connectivity index (χ2v) is 5.61. The number of aliphatic hydroxyl groups is 2. The number of nitrogens with one attached hydrogen (secondary N) is 3. The topological polar surface area (TPSA) is 145 Å². The third-order valence-corrected chi connectivity index (χ3v) is 3.04. The van der Waals surface area contributed by atoms with Crippen molar-refractivity contribution >= 4 is 24.0 Å². The van der Waals surface area contributed by atoms with Crippen molar-refractivity contribution < 1.29 is 29.4 Å². The highest BCUT2D eigenvalue weighted by Crippen LogP contribution is 1.99. The summed E-state index contributed by atoms with van der Waals surface area (Å²) in [4.78, 5) is 45.5. The second-order valence-electron chi connectivity index (χ2n) is 5.61. The summed E-state index contributed by atoms with van der Waals surface area (Å²) in [7, 11) is 0. The molecule has 0 heterocycles. The SMILES string of the molecule is CC(O)CC(=O)NCCC(NC(=O)CC[C@@H](C)O)C(=O)NCC=O. The molecule has 0 rings (SSSR count). The number of carbonyl (C=O) groups excluding carboxylic acids is 4. The van der Waals surface area contributed by atoms with Crippen LogP contribution in [0.25, 0.3) is 0 Å². The fourth-order valence-corrected chi connectivity index (χ4v) is 1.84. The fourth-order valence-electron chi connectivity index (χ4n) is 1.84. The van der Waals surface area contributed by atoms with Gasteiger partial charge in [-0.2, -0.15) is 0 Å². The molecule has 0 aromatic heterocycles. The predicted octanol–water partition coefficient (Wildman–Crippen LogP) is -1.78. The molecular formula is C15H27N3O6. The Bertz CT molecular complexity index is 425. The van der Waals surface area contributed by atoms with Gasteiger partial charge in [-0.05, 0) is 26.7 Å². The maximum Gasteiger partial charge on any atom is 0.243 e. The Morgan fingerprint density at radius 2 is 1.67 bits per heavy atom. The Morgan fingerprint density at radius 1 is 1.00 bits per heavy atom. The van der Waals surface area contributed by atoms with Gasteiger partial charge in [0.05, 0.1) is 25.2 Å². The molecule has 0 aliphatic heterocycles. The molecule has 5 N–H and O–H groups in total. The van der Waals surface area contributed by atoms with Crippen molar-refractivity contribution in [2.24, 2.45) is 0 Å². The second kappa shape index (κ2) is 12.4. The van der Waals surface area contributed by atoms with Gasteiger partial charge in [-0.1, -0.05) is 0 Å². The highest BCUT2D eigenvalue weighted by atomic mass is 16.3. The smallest absolute Gasteiger partial charge is 0.243 e. The van der Waals surface area contributed by atoms with E-state index in [1.54, 1.807) is 6.92 Å². The minimum atomic E-state index is -0.904. The standard InChI is InChI=1S/C15H27N3O6/c1-10(20)3-4-13(22)18-12(15(24)17-7-8-19)5-6-16-14(23)9-11(2)21/h8,10-12,20-21H,3-7,9H2,1-2H3,(H,16,23)(H,17,24)(H,18,22)/t10-,11?,12?/m1/s1. The Morgan fingerprint density at radius 3 is 2.21 bits per heavy atom. The van der Waals surface area contributed by atoms with E-state index < -0.39 is 30.1 Å². The molecule has 138 valence electrons. The molecule has 0 aromatic rings. The van der Waals surface area contributed by atoms with Gasteiger partial charge in [0, 0.05) is 13.0 Å². The number of aldehydes is 1. The van der Waals surface area contributed by atoms with Crippen LogP contribution >= 0.6 is 0 Å². The summed E-state index contributed by atoms with van der Waals surface area (Å²) in [5, 5.41) is 25.7. The highest BCUT2D eigenvalue weighted by Gasteiger charge is 2.20. The van der Waals surface area contributed by atoms with Crippen molar-refractivity contribution in [3.05, 3.63) is 0 Å². The van der Waals surface area contributed by atoms with Crippen LogP contribution in [0.2, 0.25) is 0 Å². The lowest BCUT2D eigenvalue weighted by atomic mass is 10.1. The van der Waals surface area contributed by atoms with E-state index in [0.717, 1.165) is 0 Å². The van der Waals surface area contributed by atoms with Crippen molar-refractivity contribution in [1.82, 2.24) is 16.0 Å². The van der Waals surface area contributed by atoms with Crippen LogP contribution < -0.4 is 16.0 Å². The first-order chi connectivity index (χ1) is 11.3. The molecule has 24 heavy (non-hydrogen) atoms. The van der Waals surface area contributed by atoms with Crippen molar-refractivity contribution in [3.8, 4) is 0 Å². The Hall–Kier alpha value is -2.00. The van der Waals surface area contributed by atoms with Gasteiger partial charge in [0.2, 0.25) is 17.7 Å². The summed E-state index contributed by atoms with van der Waals surface area (Å²) in [6, 6.07) is -0.904. The monoisotopic (exact) mass is 345 g/mol. The van der Waals surface area contributed by atoms with E-state index in [2.05, 4.69) is 16.0 Å². The summed E-state index contributed by atoms with van der Waals surface area (Å²) in [6.45, 7) is 2.99. The number of carbonyl (C=O) groups is 4. The number of rotatable bonds is 12. The normalized spacial score (nSPS) is 14.2. The molecule has 0 aliphatic rings. The minimum Gasteiger partial charge on any atom is -0.393 e. The molecule has 0 saturated carbocycles. The highest BCUT2D eigenvalue weighted by molar-refractivity contribution is 5.88. The van der Waals surface area contributed by atoms with Gasteiger partial charge >= 0.3 is 0 Å². The van der Waals surface area contributed by atoms with Crippen LogP contribution in [0.3, 0.4) is 0 Å². The molecule has 3 amide bonds. The van der Waals surface area contributed by atoms with E-state index >= 15 is 0 Å². The molecule has 0 aliphatic carbocycles. The average molecular weight is 345 g/mol. The third kappa shape index (κ3) is 11.6. The van der Waals surface area contributed by atoms with E-state index in [1.165, 1.54) is 6.92 Å². The first-order valence-electron chi connectivity index (χ1n) is 7.89. The van der Waals surface area contributed by atoms with Gasteiger partial charge in [-0.3, -0.25) is 14.4 Å². The third-order valence-electron chi connectivity index (χ3n) is 3.04. The largest absolute Gasteiger partial charge is 0.393 e. The van der Waals surface area contributed by atoms with Crippen LogP contribution in [0.15, 0.2) is 0 Å². The molecule has 0 saturated heterocycles. The zero-order valence-corrected chi connectivity index (χ0v) is 14.1. The lowest BCUT2D eigenvalue weighted by molar-refractivity contribution is -0.129. The van der Waals surface area contributed by atoms with Crippen LogP contribution in [-0.2, 0) is 19.2 Å². The molecule has 9 heteroatoms. The lowest BCUT2D eigenvalue weighted by Gasteiger charge is -2.18. The molecule has 3 atom stereocenters. The number of hydrogen-bond donors (Lipinski definition) is 5. The zero-order valence-electron chi connectivity index (χ0n) is 14.1. The molecule has 0 radical (unpaired) electrons. The fraction of sp³-hybridized carbons (Fsp3) is 0.733. The Balaban J connectivity index is 4.47. The van der Waals surface area contributed by atoms with Gasteiger partial charge in [0.1, 0.15) is 12.3 Å². The van der Waals surface area contributed by atoms with Crippen LogP contribution in [0.5, 0.6) is 0 Å². The molecule has 0 spiro atoms. The number of hydrogen-bond acceptors (Lipinski definition) is 6. The number of aliphatic hydroxyl groups excluding tert-OH is 2. The van der Waals surface area contributed by atoms with Gasteiger partial charge in [-0.25, -0.2) is 0 Å². The molecule has 0 aromatic carbocycles. The molecule has 2 unspecified atom stereocenters. The van der Waals surface area contributed by atoms with Crippen LogP contribution in [0.1, 0.15) is 39.5 Å². The molecule has 0 fully saturated rings. The average Bonchev–Trinajstić information content (AvgIpc) is 2.48. The van der Waals surface area contributed by atoms with Crippen molar-refractivity contribution in [2.75, 3.05) is 13.1 Å². The zero-order chi connectivity index (χ0) is 18.5. The minimum absolute atomic E-state index is 0.0528. The van der Waals surface area contributed by atoms with E-state index in [1.807, 2.05) is 0 Å². The van der Waals surface area contributed by atoms with Crippen molar-refractivity contribution in [1.29, 1.82) is 0 Å². The molecular weight excluding hydrogens is 318 g/mol. The summed E-state index contributed by atoms with van der Waals surface area (Å²) >= 11 is 0. The van der Waals surface area contributed by atoms with E-state index in [-0.39, 0.29) is 44.7 Å². The van der Waals surface area contributed by atoms with Gasteiger partial charge < -0.3 is 31.0 Å². The summed E-state index contributed by atoms with van der Waals surface area (Å²) in [5.41, 5.74) is 0. The molecule has 0 bridgehead atoms. The molecule has 9 nitrogen and oxygen atoms in total. The van der Waals surface area contributed by atoms with Gasteiger partial charge in [0.25, 0.3) is 0 Å². The van der Waals surface area contributed by atoms with Crippen LogP contribution in [0.4, 0.5) is 0 Å². The number of amides is 3. The predicted molar refractivity (Wildman–Crippen MR) is 85.8 cm³/mol. The van der Waals surface area contributed by atoms with Crippen molar-refractivity contribution in [2.45, 2.75) is 57.8 Å². The van der Waals surface area contributed by atoms with Crippen molar-refractivity contribution in [3.63, 3.8) is 0 Å². The van der Waals surface area contributed by atoms with E-state index in [9.17, 15) is 19.2 Å². The summed E-state index contributed by atoms with van der Waals surface area (Å²) in [6.07, 6.45) is -0.466. The summed E-state index contributed by atoms with van der Waals surface area (Å²) in [5.74, 6) is -1.30. The maximum atomic E-state index is 11.9. The summed E-state index contributed by atoms with van der Waals surface area (Å²) < 4.78 is 0.